The molecule has 104 valence electrons. The Morgan fingerprint density at radius 3 is 2.57 bits per heavy atom. The number of fused-ring (bicyclic) bond motifs is 1. The third-order valence-electron chi connectivity index (χ3n) is 3.16. The summed E-state index contributed by atoms with van der Waals surface area (Å²) in [5, 5.41) is 1.53. The highest BCUT2D eigenvalue weighted by molar-refractivity contribution is 6.31. The SMILES string of the molecule is CC(=O)Cc1nc(-c2ccccc2)c2cc(Cl)ccc2n1. The van der Waals surface area contributed by atoms with Gasteiger partial charge in [0, 0.05) is 16.0 Å². The second-order valence-electron chi connectivity index (χ2n) is 4.89. The summed E-state index contributed by atoms with van der Waals surface area (Å²) in [4.78, 5) is 20.4. The molecule has 21 heavy (non-hydrogen) atoms. The van der Waals surface area contributed by atoms with E-state index in [2.05, 4.69) is 9.97 Å². The highest BCUT2D eigenvalue weighted by atomic mass is 35.5. The summed E-state index contributed by atoms with van der Waals surface area (Å²) < 4.78 is 0. The summed E-state index contributed by atoms with van der Waals surface area (Å²) in [6.45, 7) is 1.54. The van der Waals surface area contributed by atoms with E-state index in [0.29, 0.717) is 10.8 Å². The molecule has 4 heteroatoms. The van der Waals surface area contributed by atoms with Gasteiger partial charge in [0.15, 0.2) is 0 Å². The van der Waals surface area contributed by atoms with E-state index in [1.165, 1.54) is 6.92 Å². The predicted molar refractivity (Wildman–Crippen MR) is 84.4 cm³/mol. The molecule has 0 aliphatic rings. The van der Waals surface area contributed by atoms with Crippen LogP contribution in [-0.4, -0.2) is 15.8 Å². The van der Waals surface area contributed by atoms with Gasteiger partial charge in [-0.2, -0.15) is 0 Å². The van der Waals surface area contributed by atoms with Gasteiger partial charge in [-0.25, -0.2) is 9.97 Å². The second-order valence-corrected chi connectivity index (χ2v) is 5.33. The number of aromatic nitrogens is 2. The summed E-state index contributed by atoms with van der Waals surface area (Å²) in [5.41, 5.74) is 2.58. The van der Waals surface area contributed by atoms with Gasteiger partial charge in [-0.3, -0.25) is 4.79 Å². The molecule has 2 aromatic carbocycles. The Labute approximate surface area is 127 Å². The van der Waals surface area contributed by atoms with Crippen molar-refractivity contribution in [2.24, 2.45) is 0 Å². The molecular weight excluding hydrogens is 284 g/mol. The van der Waals surface area contributed by atoms with E-state index >= 15 is 0 Å². The molecule has 0 N–H and O–H groups in total. The van der Waals surface area contributed by atoms with Crippen LogP contribution in [0.5, 0.6) is 0 Å². The maximum atomic E-state index is 11.4. The molecule has 0 unspecified atom stereocenters. The first-order valence-corrected chi connectivity index (χ1v) is 7.02. The Balaban J connectivity index is 2.28. The zero-order valence-corrected chi connectivity index (χ0v) is 12.3. The maximum Gasteiger partial charge on any atom is 0.137 e. The number of halogens is 1. The van der Waals surface area contributed by atoms with Crippen molar-refractivity contribution in [3.8, 4) is 11.3 Å². The number of hydrogen-bond donors (Lipinski definition) is 0. The first-order valence-electron chi connectivity index (χ1n) is 6.64. The van der Waals surface area contributed by atoms with Crippen LogP contribution in [0, 0.1) is 0 Å². The second kappa shape index (κ2) is 5.62. The average Bonchev–Trinajstić information content (AvgIpc) is 2.47. The largest absolute Gasteiger partial charge is 0.300 e. The summed E-state index contributed by atoms with van der Waals surface area (Å²) in [6, 6.07) is 15.4. The van der Waals surface area contributed by atoms with E-state index in [1.807, 2.05) is 42.5 Å². The maximum absolute atomic E-state index is 11.4. The molecule has 3 nitrogen and oxygen atoms in total. The first kappa shape index (κ1) is 13.7. The third kappa shape index (κ3) is 2.93. The summed E-state index contributed by atoms with van der Waals surface area (Å²) in [7, 11) is 0. The Morgan fingerprint density at radius 1 is 1.10 bits per heavy atom. The average molecular weight is 297 g/mol. The normalized spacial score (nSPS) is 10.8. The fourth-order valence-electron chi connectivity index (χ4n) is 2.27. The van der Waals surface area contributed by atoms with Crippen molar-refractivity contribution < 1.29 is 4.79 Å². The van der Waals surface area contributed by atoms with Gasteiger partial charge in [0.25, 0.3) is 0 Å². The van der Waals surface area contributed by atoms with Crippen LogP contribution in [0.3, 0.4) is 0 Å². The molecule has 1 aromatic heterocycles. The van der Waals surface area contributed by atoms with Gasteiger partial charge in [-0.1, -0.05) is 41.9 Å². The van der Waals surface area contributed by atoms with E-state index in [-0.39, 0.29) is 12.2 Å². The number of hydrogen-bond acceptors (Lipinski definition) is 3. The van der Waals surface area contributed by atoms with Crippen LogP contribution in [0.25, 0.3) is 22.2 Å². The van der Waals surface area contributed by atoms with Crippen molar-refractivity contribution in [2.45, 2.75) is 13.3 Å². The van der Waals surface area contributed by atoms with E-state index in [4.69, 9.17) is 11.6 Å². The molecule has 0 aliphatic heterocycles. The molecule has 0 spiro atoms. The van der Waals surface area contributed by atoms with Gasteiger partial charge >= 0.3 is 0 Å². The van der Waals surface area contributed by atoms with Crippen LogP contribution in [0.1, 0.15) is 12.7 Å². The lowest BCUT2D eigenvalue weighted by Crippen LogP contribution is -2.04. The van der Waals surface area contributed by atoms with Gasteiger partial charge in [-0.05, 0) is 25.1 Å². The Morgan fingerprint density at radius 2 is 1.86 bits per heavy atom. The van der Waals surface area contributed by atoms with Crippen molar-refractivity contribution >= 4 is 28.3 Å². The van der Waals surface area contributed by atoms with Crippen LogP contribution in [0.4, 0.5) is 0 Å². The lowest BCUT2D eigenvalue weighted by molar-refractivity contribution is -0.116. The van der Waals surface area contributed by atoms with Crippen LogP contribution >= 0.6 is 11.6 Å². The van der Waals surface area contributed by atoms with Crippen molar-refractivity contribution in [3.05, 3.63) is 59.4 Å². The van der Waals surface area contributed by atoms with E-state index in [0.717, 1.165) is 22.2 Å². The lowest BCUT2D eigenvalue weighted by Gasteiger charge is -2.08. The Bertz CT molecular complexity index is 816. The number of nitrogens with zero attached hydrogens (tertiary/aromatic N) is 2. The number of carbonyl (C=O) groups excluding carboxylic acids is 1. The summed E-state index contributed by atoms with van der Waals surface area (Å²) in [6.07, 6.45) is 0.235. The predicted octanol–water partition coefficient (Wildman–Crippen LogP) is 4.08. The summed E-state index contributed by atoms with van der Waals surface area (Å²) in [5.74, 6) is 0.582. The topological polar surface area (TPSA) is 42.9 Å². The number of benzene rings is 2. The molecule has 0 radical (unpaired) electrons. The van der Waals surface area contributed by atoms with Crippen molar-refractivity contribution in [1.29, 1.82) is 0 Å². The van der Waals surface area contributed by atoms with Gasteiger partial charge in [-0.15, -0.1) is 0 Å². The van der Waals surface area contributed by atoms with Gasteiger partial charge in [0.2, 0.25) is 0 Å². The number of rotatable bonds is 3. The first-order chi connectivity index (χ1) is 10.1. The number of Topliss-reactive ketones (excluding diaryl/α,β-unsaturated/α-hetero) is 1. The molecule has 0 fully saturated rings. The number of ketones is 1. The quantitative estimate of drug-likeness (QED) is 0.731. The van der Waals surface area contributed by atoms with Crippen molar-refractivity contribution in [2.75, 3.05) is 0 Å². The Hall–Kier alpha value is -2.26. The minimum atomic E-state index is 0.0438. The van der Waals surface area contributed by atoms with Crippen molar-refractivity contribution in [1.82, 2.24) is 9.97 Å². The highest BCUT2D eigenvalue weighted by Crippen LogP contribution is 2.28. The van der Waals surface area contributed by atoms with E-state index in [1.54, 1.807) is 6.07 Å². The molecule has 1 heterocycles. The van der Waals surface area contributed by atoms with E-state index < -0.39 is 0 Å². The smallest absolute Gasteiger partial charge is 0.137 e. The molecule has 3 rings (SSSR count). The standard InChI is InChI=1S/C17H13ClN2O/c1-11(21)9-16-19-15-8-7-13(18)10-14(15)17(20-16)12-5-3-2-4-6-12/h2-8,10H,9H2,1H3. The van der Waals surface area contributed by atoms with E-state index in [9.17, 15) is 4.79 Å². The Kier molecular flexibility index (Phi) is 3.67. The van der Waals surface area contributed by atoms with Crippen LogP contribution in [0.15, 0.2) is 48.5 Å². The van der Waals surface area contributed by atoms with Crippen LogP contribution in [-0.2, 0) is 11.2 Å². The molecule has 0 saturated heterocycles. The fourth-order valence-corrected chi connectivity index (χ4v) is 2.44. The molecule has 0 aliphatic carbocycles. The third-order valence-corrected chi connectivity index (χ3v) is 3.39. The molecule has 3 aromatic rings. The summed E-state index contributed by atoms with van der Waals surface area (Å²) >= 11 is 6.09. The zero-order valence-electron chi connectivity index (χ0n) is 11.5. The van der Waals surface area contributed by atoms with Gasteiger partial charge in [0.1, 0.15) is 11.6 Å². The lowest BCUT2D eigenvalue weighted by atomic mass is 10.1. The fraction of sp³-hybridized carbons (Fsp3) is 0.118. The van der Waals surface area contributed by atoms with Crippen LogP contribution < -0.4 is 0 Å². The highest BCUT2D eigenvalue weighted by Gasteiger charge is 2.11. The van der Waals surface area contributed by atoms with Gasteiger partial charge in [0.05, 0.1) is 17.6 Å². The van der Waals surface area contributed by atoms with Crippen LogP contribution in [0.2, 0.25) is 5.02 Å². The molecular formula is C17H13ClN2O. The zero-order chi connectivity index (χ0) is 14.8. The molecule has 0 atom stereocenters. The minimum absolute atomic E-state index is 0.0438. The molecule has 0 amide bonds. The monoisotopic (exact) mass is 296 g/mol. The minimum Gasteiger partial charge on any atom is -0.300 e. The van der Waals surface area contributed by atoms with Gasteiger partial charge < -0.3 is 0 Å². The number of carbonyl (C=O) groups is 1. The molecule has 0 saturated carbocycles. The molecule has 0 bridgehead atoms. The van der Waals surface area contributed by atoms with Crippen molar-refractivity contribution in [3.63, 3.8) is 0 Å².